The summed E-state index contributed by atoms with van der Waals surface area (Å²) in [6.07, 6.45) is 3.92. The summed E-state index contributed by atoms with van der Waals surface area (Å²) in [6, 6.07) is 8.21. The van der Waals surface area contributed by atoms with E-state index in [4.69, 9.17) is 5.73 Å². The molecule has 0 unspecified atom stereocenters. The number of aromatic amines is 1. The van der Waals surface area contributed by atoms with Gasteiger partial charge >= 0.3 is 0 Å². The van der Waals surface area contributed by atoms with E-state index in [0.717, 1.165) is 10.0 Å². The Morgan fingerprint density at radius 1 is 1.14 bits per heavy atom. The summed E-state index contributed by atoms with van der Waals surface area (Å²) in [5, 5.41) is 0. The minimum Gasteiger partial charge on any atom is -0.367 e. The van der Waals surface area contributed by atoms with E-state index >= 15 is 0 Å². The van der Waals surface area contributed by atoms with Gasteiger partial charge < -0.3 is 10.7 Å². The number of hydrogen-bond donors (Lipinski definition) is 2. The highest BCUT2D eigenvalue weighted by atomic mass is 79.9. The number of hydrogen-bond acceptors (Lipinski definition) is 1. The highest BCUT2D eigenvalue weighted by Gasteiger charge is 2.03. The van der Waals surface area contributed by atoms with Crippen molar-refractivity contribution in [3.8, 4) is 11.1 Å². The second kappa shape index (κ2) is 3.98. The molecule has 0 aliphatic rings. The number of nitrogens with one attached hydrogen (secondary N) is 1. The predicted molar refractivity (Wildman–Crippen MR) is 61.8 cm³/mol. The van der Waals surface area contributed by atoms with Gasteiger partial charge in [0.15, 0.2) is 0 Å². The Morgan fingerprint density at radius 2 is 1.86 bits per heavy atom. The van der Waals surface area contributed by atoms with E-state index in [0.29, 0.717) is 6.54 Å². The molecule has 3 heteroatoms. The molecule has 3 N–H and O–H groups in total. The van der Waals surface area contributed by atoms with Crippen LogP contribution in [0, 0.1) is 0 Å². The van der Waals surface area contributed by atoms with Crippen LogP contribution in [-0.2, 0) is 6.54 Å². The summed E-state index contributed by atoms with van der Waals surface area (Å²) in [5.74, 6) is 0. The Balaban J connectivity index is 2.44. The first kappa shape index (κ1) is 9.49. The van der Waals surface area contributed by atoms with Gasteiger partial charge in [0.05, 0.1) is 0 Å². The molecular formula is C11H11BrN2. The zero-order valence-electron chi connectivity index (χ0n) is 7.63. The van der Waals surface area contributed by atoms with Crippen molar-refractivity contribution in [2.24, 2.45) is 5.73 Å². The van der Waals surface area contributed by atoms with E-state index in [1.54, 1.807) is 0 Å². The van der Waals surface area contributed by atoms with Crippen LogP contribution < -0.4 is 5.73 Å². The minimum atomic E-state index is 0.564. The number of benzene rings is 1. The monoisotopic (exact) mass is 250 g/mol. The standard InChI is InChI=1S/C11H11BrN2/c12-10-3-1-8(2-4-10)11-7-14-6-9(11)5-13/h1-4,6-7,14H,5,13H2. The molecule has 0 saturated carbocycles. The summed E-state index contributed by atoms with van der Waals surface area (Å²) in [7, 11) is 0. The fraction of sp³-hybridized carbons (Fsp3) is 0.0909. The van der Waals surface area contributed by atoms with E-state index < -0.39 is 0 Å². The number of nitrogens with two attached hydrogens (primary N) is 1. The summed E-state index contributed by atoms with van der Waals surface area (Å²) in [5.41, 5.74) is 9.15. The van der Waals surface area contributed by atoms with Crippen molar-refractivity contribution in [3.05, 3.63) is 46.7 Å². The highest BCUT2D eigenvalue weighted by molar-refractivity contribution is 9.10. The first-order valence-corrected chi connectivity index (χ1v) is 5.22. The Morgan fingerprint density at radius 3 is 2.50 bits per heavy atom. The van der Waals surface area contributed by atoms with Gasteiger partial charge in [0.1, 0.15) is 0 Å². The Bertz CT molecular complexity index is 417. The molecule has 0 bridgehead atoms. The maximum atomic E-state index is 5.63. The molecule has 0 radical (unpaired) electrons. The average molecular weight is 251 g/mol. The molecule has 0 aliphatic carbocycles. The van der Waals surface area contributed by atoms with Crippen molar-refractivity contribution in [3.63, 3.8) is 0 Å². The lowest BCUT2D eigenvalue weighted by Gasteiger charge is -2.01. The molecule has 0 fully saturated rings. The summed E-state index contributed by atoms with van der Waals surface area (Å²) < 4.78 is 1.09. The number of rotatable bonds is 2. The molecule has 0 aliphatic heterocycles. The van der Waals surface area contributed by atoms with Crippen LogP contribution in [0.25, 0.3) is 11.1 Å². The topological polar surface area (TPSA) is 41.8 Å². The number of H-pyrrole nitrogens is 1. The Hall–Kier alpha value is -1.06. The van der Waals surface area contributed by atoms with E-state index in [9.17, 15) is 0 Å². The van der Waals surface area contributed by atoms with Crippen LogP contribution in [0.2, 0.25) is 0 Å². The molecule has 72 valence electrons. The highest BCUT2D eigenvalue weighted by Crippen LogP contribution is 2.24. The van der Waals surface area contributed by atoms with Crippen molar-refractivity contribution in [2.75, 3.05) is 0 Å². The molecule has 0 amide bonds. The first-order chi connectivity index (χ1) is 6.81. The SMILES string of the molecule is NCc1c[nH]cc1-c1ccc(Br)cc1. The second-order valence-corrected chi connectivity index (χ2v) is 4.02. The van der Waals surface area contributed by atoms with Crippen LogP contribution in [-0.4, -0.2) is 4.98 Å². The number of aromatic nitrogens is 1. The van der Waals surface area contributed by atoms with Gasteiger partial charge in [-0.05, 0) is 23.3 Å². The third-order valence-corrected chi connectivity index (χ3v) is 2.73. The van der Waals surface area contributed by atoms with E-state index in [1.807, 2.05) is 24.5 Å². The van der Waals surface area contributed by atoms with Crippen LogP contribution in [0.1, 0.15) is 5.56 Å². The maximum Gasteiger partial charge on any atom is 0.0199 e. The van der Waals surface area contributed by atoms with Crippen LogP contribution >= 0.6 is 15.9 Å². The first-order valence-electron chi connectivity index (χ1n) is 4.43. The van der Waals surface area contributed by atoms with Gasteiger partial charge in [-0.25, -0.2) is 0 Å². The zero-order valence-corrected chi connectivity index (χ0v) is 9.21. The lowest BCUT2D eigenvalue weighted by molar-refractivity contribution is 1.08. The van der Waals surface area contributed by atoms with Crippen molar-refractivity contribution in [2.45, 2.75) is 6.54 Å². The van der Waals surface area contributed by atoms with Crippen LogP contribution in [0.3, 0.4) is 0 Å². The molecule has 1 heterocycles. The Labute approximate surface area is 91.3 Å². The quantitative estimate of drug-likeness (QED) is 0.846. The van der Waals surface area contributed by atoms with Gasteiger partial charge in [-0.15, -0.1) is 0 Å². The molecule has 14 heavy (non-hydrogen) atoms. The van der Waals surface area contributed by atoms with E-state index in [-0.39, 0.29) is 0 Å². The minimum absolute atomic E-state index is 0.564. The molecule has 0 saturated heterocycles. The van der Waals surface area contributed by atoms with Gasteiger partial charge in [-0.1, -0.05) is 28.1 Å². The van der Waals surface area contributed by atoms with Crippen molar-refractivity contribution in [1.29, 1.82) is 0 Å². The smallest absolute Gasteiger partial charge is 0.0199 e. The maximum absolute atomic E-state index is 5.63. The normalized spacial score (nSPS) is 10.4. The predicted octanol–water partition coefficient (Wildman–Crippen LogP) is 2.90. The molecule has 1 aromatic carbocycles. The second-order valence-electron chi connectivity index (χ2n) is 3.11. The van der Waals surface area contributed by atoms with E-state index in [1.165, 1.54) is 11.1 Å². The summed E-state index contributed by atoms with van der Waals surface area (Å²) in [4.78, 5) is 3.07. The van der Waals surface area contributed by atoms with Crippen molar-refractivity contribution in [1.82, 2.24) is 4.98 Å². The number of halogens is 1. The third-order valence-electron chi connectivity index (χ3n) is 2.21. The van der Waals surface area contributed by atoms with Gasteiger partial charge in [0.25, 0.3) is 0 Å². The molecule has 1 aromatic heterocycles. The fourth-order valence-electron chi connectivity index (χ4n) is 1.46. The zero-order chi connectivity index (χ0) is 9.97. The van der Waals surface area contributed by atoms with Gasteiger partial charge in [0.2, 0.25) is 0 Å². The van der Waals surface area contributed by atoms with Gasteiger partial charge in [-0.3, -0.25) is 0 Å². The lowest BCUT2D eigenvalue weighted by atomic mass is 10.1. The summed E-state index contributed by atoms with van der Waals surface area (Å²) >= 11 is 3.41. The molecule has 2 rings (SSSR count). The Kier molecular flexibility index (Phi) is 2.70. The molecule has 0 spiro atoms. The largest absolute Gasteiger partial charge is 0.367 e. The van der Waals surface area contributed by atoms with Crippen LogP contribution in [0.4, 0.5) is 0 Å². The van der Waals surface area contributed by atoms with Crippen LogP contribution in [0.15, 0.2) is 41.1 Å². The van der Waals surface area contributed by atoms with E-state index in [2.05, 4.69) is 33.0 Å². The van der Waals surface area contributed by atoms with Gasteiger partial charge in [0, 0.05) is 29.0 Å². The summed E-state index contributed by atoms with van der Waals surface area (Å²) in [6.45, 7) is 0.564. The average Bonchev–Trinajstić information content (AvgIpc) is 2.67. The molecule has 2 aromatic rings. The van der Waals surface area contributed by atoms with Gasteiger partial charge in [-0.2, -0.15) is 0 Å². The van der Waals surface area contributed by atoms with Crippen molar-refractivity contribution < 1.29 is 0 Å². The lowest BCUT2D eigenvalue weighted by Crippen LogP contribution is -1.95. The van der Waals surface area contributed by atoms with Crippen LogP contribution in [0.5, 0.6) is 0 Å². The molecule has 2 nitrogen and oxygen atoms in total. The fourth-order valence-corrected chi connectivity index (χ4v) is 1.73. The molecular weight excluding hydrogens is 240 g/mol. The van der Waals surface area contributed by atoms with Crippen molar-refractivity contribution >= 4 is 15.9 Å². The third kappa shape index (κ3) is 1.74. The molecule has 0 atom stereocenters.